The molecule has 2 heterocycles. The van der Waals surface area contributed by atoms with E-state index >= 15 is 0 Å². The van der Waals surface area contributed by atoms with Crippen LogP contribution in [0.15, 0.2) is 10.5 Å². The van der Waals surface area contributed by atoms with Crippen LogP contribution in [0.4, 0.5) is 5.13 Å². The molecule has 1 aromatic rings. The molecule has 150 valence electrons. The molecule has 1 saturated heterocycles. The number of oxime groups is 1. The van der Waals surface area contributed by atoms with Crippen molar-refractivity contribution in [2.75, 3.05) is 18.3 Å². The van der Waals surface area contributed by atoms with Gasteiger partial charge in [-0.2, -0.15) is 8.42 Å². The summed E-state index contributed by atoms with van der Waals surface area (Å²) >= 11 is 6.39. The van der Waals surface area contributed by atoms with Gasteiger partial charge in [-0.15, -0.1) is 22.9 Å². The minimum atomic E-state index is -4.71. The van der Waals surface area contributed by atoms with Crippen LogP contribution in [-0.2, 0) is 29.5 Å². The molecule has 0 spiro atoms. The Morgan fingerprint density at radius 2 is 2.18 bits per heavy atom. The number of hydrogen-bond acceptors (Lipinski definition) is 9. The van der Waals surface area contributed by atoms with Crippen LogP contribution in [0, 0.1) is 0 Å². The van der Waals surface area contributed by atoms with Gasteiger partial charge in [0.15, 0.2) is 10.8 Å². The van der Waals surface area contributed by atoms with Gasteiger partial charge in [0.1, 0.15) is 24.7 Å². The summed E-state index contributed by atoms with van der Waals surface area (Å²) in [5.41, 5.74) is -0.249. The Morgan fingerprint density at radius 1 is 1.54 bits per heavy atom. The summed E-state index contributed by atoms with van der Waals surface area (Å²) in [4.78, 5) is 44.2. The predicted octanol–water partition coefficient (Wildman–Crippen LogP) is -3.69. The molecular formula is C12H15ClN5NaO7S2. The topological polar surface area (TPSA) is 167 Å². The second-order valence-electron chi connectivity index (χ2n) is 5.15. The van der Waals surface area contributed by atoms with Gasteiger partial charge in [-0.1, -0.05) is 5.16 Å². The van der Waals surface area contributed by atoms with E-state index in [2.05, 4.69) is 25.6 Å². The standard InChI is InChI=1S/C12H14ClN5O7S2.Na.H/c1-5-8(11(21)18(5)27(22,23)24)16-10(20)9(17-25-2)6-4-26-12(14-6)15-7(19)3-13;;/h4-5,8H,3H2,1-2H3,(H,16,20)(H,14,15,19)(H,22,23,24);;/q;+1;-1/b17-9-;;. The molecule has 1 aliphatic heterocycles. The average molecular weight is 464 g/mol. The maximum atomic E-state index is 12.4. The van der Waals surface area contributed by atoms with E-state index in [1.807, 2.05) is 0 Å². The first-order valence-electron chi connectivity index (χ1n) is 7.14. The zero-order chi connectivity index (χ0) is 20.4. The Labute approximate surface area is 192 Å². The molecule has 2 unspecified atom stereocenters. The van der Waals surface area contributed by atoms with Crippen LogP contribution in [-0.4, -0.2) is 70.8 Å². The van der Waals surface area contributed by atoms with E-state index in [4.69, 9.17) is 16.2 Å². The Kier molecular flexibility index (Phi) is 8.80. The summed E-state index contributed by atoms with van der Waals surface area (Å²) in [5, 5.41) is 9.84. The summed E-state index contributed by atoms with van der Waals surface area (Å²) in [6.45, 7) is 1.33. The van der Waals surface area contributed by atoms with Gasteiger partial charge in [-0.3, -0.25) is 18.9 Å². The number of carbonyl (C=O) groups excluding carboxylic acids is 3. The van der Waals surface area contributed by atoms with Crippen molar-refractivity contribution in [3.05, 3.63) is 11.1 Å². The molecule has 3 amide bonds. The van der Waals surface area contributed by atoms with Crippen molar-refractivity contribution in [2.24, 2.45) is 5.16 Å². The zero-order valence-corrected chi connectivity index (χ0v) is 19.3. The van der Waals surface area contributed by atoms with Crippen molar-refractivity contribution >= 4 is 61.8 Å². The molecule has 1 aromatic heterocycles. The number of anilines is 1. The molecule has 2 rings (SSSR count). The number of nitrogens with zero attached hydrogens (tertiary/aromatic N) is 3. The minimum Gasteiger partial charge on any atom is -1.00 e. The third-order valence-electron chi connectivity index (χ3n) is 3.38. The third-order valence-corrected chi connectivity index (χ3v) is 5.39. The van der Waals surface area contributed by atoms with Crippen molar-refractivity contribution in [1.82, 2.24) is 14.6 Å². The molecule has 0 aliphatic carbocycles. The number of amides is 3. The van der Waals surface area contributed by atoms with Crippen molar-refractivity contribution < 1.29 is 63.2 Å². The number of nitrogens with one attached hydrogen (secondary N) is 2. The van der Waals surface area contributed by atoms with E-state index in [-0.39, 0.29) is 57.7 Å². The Morgan fingerprint density at radius 3 is 2.68 bits per heavy atom. The number of halogens is 1. The maximum absolute atomic E-state index is 12.4. The van der Waals surface area contributed by atoms with Crippen LogP contribution in [0.2, 0.25) is 0 Å². The zero-order valence-electron chi connectivity index (χ0n) is 15.9. The SMILES string of the molecule is CO/N=C(\C(=O)NC1C(=O)N(S(=O)(=O)O)C1C)c1csc(NC(=O)CCl)n1.[H-].[Na+]. The fourth-order valence-electron chi connectivity index (χ4n) is 2.20. The Balaban J connectivity index is 0.00000392. The second kappa shape index (κ2) is 9.96. The molecule has 0 saturated carbocycles. The summed E-state index contributed by atoms with van der Waals surface area (Å²) in [7, 11) is -3.52. The number of hydrogen-bond donors (Lipinski definition) is 3. The van der Waals surface area contributed by atoms with Gasteiger partial charge in [0.2, 0.25) is 5.91 Å². The second-order valence-corrected chi connectivity index (χ2v) is 7.56. The first-order chi connectivity index (χ1) is 12.6. The van der Waals surface area contributed by atoms with Gasteiger partial charge in [0.05, 0.1) is 6.04 Å². The van der Waals surface area contributed by atoms with Crippen LogP contribution < -0.4 is 40.2 Å². The van der Waals surface area contributed by atoms with Gasteiger partial charge in [0.25, 0.3) is 11.8 Å². The first-order valence-corrected chi connectivity index (χ1v) is 9.95. The first kappa shape index (κ1) is 24.7. The number of rotatable bonds is 7. The number of alkyl halides is 1. The van der Waals surface area contributed by atoms with Crippen LogP contribution in [0.1, 0.15) is 14.0 Å². The normalized spacial score (nSPS) is 19.4. The molecule has 28 heavy (non-hydrogen) atoms. The van der Waals surface area contributed by atoms with E-state index in [9.17, 15) is 22.8 Å². The van der Waals surface area contributed by atoms with Crippen LogP contribution in [0.25, 0.3) is 0 Å². The predicted molar refractivity (Wildman–Crippen MR) is 95.9 cm³/mol. The van der Waals surface area contributed by atoms with E-state index in [1.54, 1.807) is 0 Å². The summed E-state index contributed by atoms with van der Waals surface area (Å²) in [5.74, 6) is -2.63. The smallest absolute Gasteiger partial charge is 1.00 e. The van der Waals surface area contributed by atoms with Crippen molar-refractivity contribution in [1.29, 1.82) is 0 Å². The van der Waals surface area contributed by atoms with E-state index in [0.717, 1.165) is 11.3 Å². The molecule has 3 N–H and O–H groups in total. The maximum Gasteiger partial charge on any atom is 1.00 e. The number of β-lactam (4-membered cyclic amide) rings is 1. The molecule has 1 fully saturated rings. The monoisotopic (exact) mass is 463 g/mol. The van der Waals surface area contributed by atoms with Gasteiger partial charge in [-0.25, -0.2) is 9.29 Å². The molecule has 12 nitrogen and oxygen atoms in total. The van der Waals surface area contributed by atoms with E-state index in [0.29, 0.717) is 0 Å². The fourth-order valence-corrected chi connectivity index (χ4v) is 3.86. The van der Waals surface area contributed by atoms with Crippen LogP contribution >= 0.6 is 22.9 Å². The Bertz CT molecular complexity index is 912. The quantitative estimate of drug-likeness (QED) is 0.0927. The van der Waals surface area contributed by atoms with Gasteiger partial charge in [0, 0.05) is 5.38 Å². The Hall–Kier alpha value is -1.29. The van der Waals surface area contributed by atoms with Crippen LogP contribution in [0.5, 0.6) is 0 Å². The fraction of sp³-hybridized carbons (Fsp3) is 0.417. The van der Waals surface area contributed by atoms with Crippen LogP contribution in [0.3, 0.4) is 0 Å². The molecular weight excluding hydrogens is 449 g/mol. The number of aromatic nitrogens is 1. The summed E-state index contributed by atoms with van der Waals surface area (Å²) < 4.78 is 31.4. The molecule has 0 radical (unpaired) electrons. The number of carbonyl (C=O) groups is 3. The summed E-state index contributed by atoms with van der Waals surface area (Å²) in [6, 6.07) is -2.18. The minimum absolute atomic E-state index is 0. The van der Waals surface area contributed by atoms with Crippen molar-refractivity contribution in [3.8, 4) is 0 Å². The molecule has 2 atom stereocenters. The molecule has 0 bridgehead atoms. The average Bonchev–Trinajstić information content (AvgIpc) is 3.04. The molecule has 1 aliphatic rings. The summed E-state index contributed by atoms with van der Waals surface area (Å²) in [6.07, 6.45) is 0. The molecule has 16 heteroatoms. The van der Waals surface area contributed by atoms with E-state index in [1.165, 1.54) is 19.4 Å². The van der Waals surface area contributed by atoms with Crippen molar-refractivity contribution in [2.45, 2.75) is 19.0 Å². The molecule has 0 aromatic carbocycles. The van der Waals surface area contributed by atoms with E-state index < -0.39 is 40.1 Å². The largest absolute Gasteiger partial charge is 1.00 e. The van der Waals surface area contributed by atoms with Gasteiger partial charge in [-0.05, 0) is 6.92 Å². The van der Waals surface area contributed by atoms with Gasteiger partial charge < -0.3 is 16.9 Å². The number of thiazole rings is 1. The van der Waals surface area contributed by atoms with Crippen molar-refractivity contribution in [3.63, 3.8) is 0 Å². The third kappa shape index (κ3) is 5.40. The van der Waals surface area contributed by atoms with Gasteiger partial charge >= 0.3 is 39.9 Å².